The van der Waals surface area contributed by atoms with E-state index in [4.69, 9.17) is 4.74 Å². The molecule has 0 amide bonds. The van der Waals surface area contributed by atoms with Crippen LogP contribution in [0.2, 0.25) is 0 Å². The highest BCUT2D eigenvalue weighted by Gasteiger charge is 2.28. The largest absolute Gasteiger partial charge is 0.497 e. The summed E-state index contributed by atoms with van der Waals surface area (Å²) >= 11 is 0. The van der Waals surface area contributed by atoms with Crippen molar-refractivity contribution in [2.45, 2.75) is 77.2 Å². The lowest BCUT2D eigenvalue weighted by molar-refractivity contribution is 0.0958. The Morgan fingerprint density at radius 2 is 1.78 bits per heavy atom. The molecule has 2 aromatic carbocycles. The molecule has 1 unspecified atom stereocenters. The molecule has 5 rings (SSSR count). The zero-order valence-electron chi connectivity index (χ0n) is 22.1. The van der Waals surface area contributed by atoms with E-state index >= 15 is 0 Å². The van der Waals surface area contributed by atoms with Crippen molar-refractivity contribution in [3.63, 3.8) is 0 Å². The van der Waals surface area contributed by atoms with Gasteiger partial charge in [0.1, 0.15) is 17.4 Å². The number of fused-ring (bicyclic) bond motifs is 1. The van der Waals surface area contributed by atoms with E-state index in [0.29, 0.717) is 6.04 Å². The smallest absolute Gasteiger partial charge is 0.265 e. The SMILES string of the molecule is COc1ccc2c(c1)c(CCN1CCCCC1CC1CCCCC1)c(C)n2C(=O)c1ccc(F)cc1F. The van der Waals surface area contributed by atoms with E-state index in [2.05, 4.69) is 4.90 Å². The first kappa shape index (κ1) is 25.9. The lowest BCUT2D eigenvalue weighted by atomic mass is 9.82. The van der Waals surface area contributed by atoms with Gasteiger partial charge in [0.05, 0.1) is 18.2 Å². The van der Waals surface area contributed by atoms with E-state index in [1.165, 1.54) is 63.9 Å². The fourth-order valence-corrected chi connectivity index (χ4v) is 6.63. The summed E-state index contributed by atoms with van der Waals surface area (Å²) in [5.41, 5.74) is 2.48. The second-order valence-corrected chi connectivity index (χ2v) is 10.9. The zero-order valence-corrected chi connectivity index (χ0v) is 22.1. The van der Waals surface area contributed by atoms with Gasteiger partial charge in [0.25, 0.3) is 5.91 Å². The third kappa shape index (κ3) is 5.45. The van der Waals surface area contributed by atoms with Gasteiger partial charge >= 0.3 is 0 Å². The van der Waals surface area contributed by atoms with E-state index in [9.17, 15) is 13.6 Å². The normalized spacial score (nSPS) is 19.4. The topological polar surface area (TPSA) is 34.5 Å². The van der Waals surface area contributed by atoms with Crippen molar-refractivity contribution in [1.82, 2.24) is 9.47 Å². The van der Waals surface area contributed by atoms with Gasteiger partial charge in [-0.1, -0.05) is 38.5 Å². The van der Waals surface area contributed by atoms with Crippen LogP contribution in [-0.2, 0) is 6.42 Å². The summed E-state index contributed by atoms with van der Waals surface area (Å²) in [4.78, 5) is 16.2. The Morgan fingerprint density at radius 1 is 1.00 bits per heavy atom. The molecule has 0 radical (unpaired) electrons. The van der Waals surface area contributed by atoms with Crippen LogP contribution < -0.4 is 4.74 Å². The minimum atomic E-state index is -0.847. The molecule has 198 valence electrons. The van der Waals surface area contributed by atoms with Gasteiger partial charge in [0.2, 0.25) is 0 Å². The number of rotatable bonds is 7. The molecule has 2 fully saturated rings. The standard InChI is InChI=1S/C31H38F2N2O2/c1-21-26(15-17-34-16-7-6-10-24(34)18-22-8-4-3-5-9-22)28-20-25(37-2)12-14-30(28)35(21)31(36)27-13-11-23(32)19-29(27)33/h11-14,19-20,22,24H,3-10,15-18H2,1-2H3. The molecule has 37 heavy (non-hydrogen) atoms. The predicted molar refractivity (Wildman–Crippen MR) is 143 cm³/mol. The van der Waals surface area contributed by atoms with Gasteiger partial charge in [-0.25, -0.2) is 8.78 Å². The summed E-state index contributed by atoms with van der Waals surface area (Å²) in [6.07, 6.45) is 12.8. The second kappa shape index (κ2) is 11.3. The number of carbonyl (C=O) groups excluding carboxylic acids is 1. The van der Waals surface area contributed by atoms with E-state index in [-0.39, 0.29) is 5.56 Å². The maximum Gasteiger partial charge on any atom is 0.265 e. The highest BCUT2D eigenvalue weighted by atomic mass is 19.1. The molecular formula is C31H38F2N2O2. The van der Waals surface area contributed by atoms with Gasteiger partial charge in [-0.2, -0.15) is 0 Å². The van der Waals surface area contributed by atoms with Gasteiger partial charge in [0, 0.05) is 29.7 Å². The van der Waals surface area contributed by atoms with Crippen molar-refractivity contribution in [2.24, 2.45) is 5.92 Å². The first-order chi connectivity index (χ1) is 18.0. The molecule has 1 saturated carbocycles. The maximum atomic E-state index is 14.6. The lowest BCUT2D eigenvalue weighted by Gasteiger charge is -2.38. The number of benzene rings is 2. The molecule has 1 atom stereocenters. The summed E-state index contributed by atoms with van der Waals surface area (Å²) in [7, 11) is 1.63. The number of hydrogen-bond acceptors (Lipinski definition) is 3. The molecule has 2 heterocycles. The average molecular weight is 509 g/mol. The van der Waals surface area contributed by atoms with Crippen molar-refractivity contribution in [1.29, 1.82) is 0 Å². The first-order valence-electron chi connectivity index (χ1n) is 13.9. The number of halogens is 2. The number of nitrogens with zero attached hydrogens (tertiary/aromatic N) is 2. The van der Waals surface area contributed by atoms with E-state index in [1.54, 1.807) is 11.7 Å². The molecule has 1 aliphatic heterocycles. The van der Waals surface area contributed by atoms with Crippen LogP contribution in [0.1, 0.15) is 79.4 Å². The van der Waals surface area contributed by atoms with Crippen LogP contribution >= 0.6 is 0 Å². The van der Waals surface area contributed by atoms with E-state index in [1.807, 2.05) is 25.1 Å². The number of hydrogen-bond donors (Lipinski definition) is 0. The molecule has 6 heteroatoms. The minimum absolute atomic E-state index is 0.132. The number of likely N-dealkylation sites (tertiary alicyclic amines) is 1. The fraction of sp³-hybridized carbons (Fsp3) is 0.516. The van der Waals surface area contributed by atoms with Crippen LogP contribution in [0, 0.1) is 24.5 Å². The number of carbonyl (C=O) groups is 1. The molecule has 0 spiro atoms. The average Bonchev–Trinajstić information content (AvgIpc) is 3.18. The maximum absolute atomic E-state index is 14.6. The van der Waals surface area contributed by atoms with Crippen molar-refractivity contribution < 1.29 is 18.3 Å². The quantitative estimate of drug-likeness (QED) is 0.336. The van der Waals surface area contributed by atoms with Gasteiger partial charge in [-0.05, 0) is 81.0 Å². The van der Waals surface area contributed by atoms with E-state index < -0.39 is 17.5 Å². The Morgan fingerprint density at radius 3 is 2.54 bits per heavy atom. The Balaban J connectivity index is 1.44. The summed E-state index contributed by atoms with van der Waals surface area (Å²) in [6, 6.07) is 9.40. The number of methoxy groups -OCH3 is 1. The molecular weight excluding hydrogens is 470 g/mol. The van der Waals surface area contributed by atoms with Crippen LogP contribution in [0.15, 0.2) is 36.4 Å². The molecule has 4 nitrogen and oxygen atoms in total. The fourth-order valence-electron chi connectivity index (χ4n) is 6.63. The minimum Gasteiger partial charge on any atom is -0.497 e. The Bertz CT molecular complexity index is 1260. The zero-order chi connectivity index (χ0) is 25.9. The molecule has 0 N–H and O–H groups in total. The Labute approximate surface area is 218 Å². The molecule has 2 aliphatic rings. The van der Waals surface area contributed by atoms with Crippen LogP contribution in [-0.4, -0.2) is 41.6 Å². The molecule has 3 aromatic rings. The monoisotopic (exact) mass is 508 g/mol. The van der Waals surface area contributed by atoms with Crippen molar-refractivity contribution in [3.8, 4) is 5.75 Å². The van der Waals surface area contributed by atoms with E-state index in [0.717, 1.165) is 65.5 Å². The third-order valence-electron chi connectivity index (χ3n) is 8.63. The molecule has 1 aromatic heterocycles. The molecule has 1 saturated heterocycles. The Kier molecular flexibility index (Phi) is 7.94. The van der Waals surface area contributed by atoms with Crippen molar-refractivity contribution in [2.75, 3.05) is 20.2 Å². The van der Waals surface area contributed by atoms with Crippen molar-refractivity contribution in [3.05, 3.63) is 64.9 Å². The van der Waals surface area contributed by atoms with Gasteiger partial charge < -0.3 is 9.64 Å². The predicted octanol–water partition coefficient (Wildman–Crippen LogP) is 7.29. The summed E-state index contributed by atoms with van der Waals surface area (Å²) in [5, 5.41) is 0.952. The van der Waals surface area contributed by atoms with Crippen LogP contribution in [0.4, 0.5) is 8.78 Å². The van der Waals surface area contributed by atoms with Crippen LogP contribution in [0.3, 0.4) is 0 Å². The number of aromatic nitrogens is 1. The molecule has 0 bridgehead atoms. The first-order valence-corrected chi connectivity index (χ1v) is 13.9. The van der Waals surface area contributed by atoms with Crippen LogP contribution in [0.5, 0.6) is 5.75 Å². The lowest BCUT2D eigenvalue weighted by Crippen LogP contribution is -2.42. The highest BCUT2D eigenvalue weighted by molar-refractivity contribution is 6.04. The molecule has 1 aliphatic carbocycles. The van der Waals surface area contributed by atoms with Gasteiger partial charge in [-0.3, -0.25) is 9.36 Å². The summed E-state index contributed by atoms with van der Waals surface area (Å²) in [6.45, 7) is 3.99. The number of piperidine rings is 1. The van der Waals surface area contributed by atoms with Gasteiger partial charge in [-0.15, -0.1) is 0 Å². The summed E-state index contributed by atoms with van der Waals surface area (Å²) < 4.78 is 35.2. The van der Waals surface area contributed by atoms with Crippen molar-refractivity contribution >= 4 is 16.8 Å². The highest BCUT2D eigenvalue weighted by Crippen LogP contribution is 2.34. The van der Waals surface area contributed by atoms with Crippen LogP contribution in [0.25, 0.3) is 10.9 Å². The number of ether oxygens (including phenoxy) is 1. The Hall–Kier alpha value is -2.73. The second-order valence-electron chi connectivity index (χ2n) is 10.9. The third-order valence-corrected chi connectivity index (χ3v) is 8.63. The summed E-state index contributed by atoms with van der Waals surface area (Å²) in [5.74, 6) is -0.447. The van der Waals surface area contributed by atoms with Gasteiger partial charge in [0.15, 0.2) is 0 Å².